The molecule has 0 atom stereocenters. The smallest absolute Gasteiger partial charge is 0.332 e. The number of nitrogens with zero attached hydrogens (tertiary/aromatic N) is 1. The average Bonchev–Trinajstić information content (AvgIpc) is 2.56. The molecule has 2 rings (SSSR count). The summed E-state index contributed by atoms with van der Waals surface area (Å²) in [6.45, 7) is 3.06. The fraction of sp³-hybridized carbons (Fsp3) is 0.0833. The Balaban J connectivity index is 2.46. The number of Topliss-reactive ketones (excluding diaryl/α,β-unsaturated/α-hetero) is 1. The van der Waals surface area contributed by atoms with Gasteiger partial charge in [0.1, 0.15) is 0 Å². The van der Waals surface area contributed by atoms with E-state index in [-0.39, 0.29) is 28.4 Å². The maximum atomic E-state index is 11.8. The lowest BCUT2D eigenvalue weighted by molar-refractivity contribution is -0.132. The fourth-order valence-electron chi connectivity index (χ4n) is 1.72. The maximum absolute atomic E-state index is 11.8. The van der Waals surface area contributed by atoms with Crippen molar-refractivity contribution < 1.29 is 19.5 Å². The predicted octanol–water partition coefficient (Wildman–Crippen LogP) is 1.51. The van der Waals surface area contributed by atoms with Crippen LogP contribution in [0.4, 0.5) is 5.69 Å². The second-order valence-corrected chi connectivity index (χ2v) is 4.17. The molecule has 1 aromatic rings. The van der Waals surface area contributed by atoms with Crippen LogP contribution in [0.1, 0.15) is 10.4 Å². The molecule has 0 spiro atoms. The number of carbonyl (C=O) groups excluding carboxylic acids is 2. The molecule has 6 heteroatoms. The number of aliphatic carboxylic acids is 1. The SMILES string of the molecule is C=C(CN1C(=O)C(=O)c2cccc(Cl)c21)C(=O)O. The van der Waals surface area contributed by atoms with Crippen molar-refractivity contribution >= 4 is 34.9 Å². The second-order valence-electron chi connectivity index (χ2n) is 3.77. The van der Waals surface area contributed by atoms with E-state index in [1.165, 1.54) is 12.1 Å². The van der Waals surface area contributed by atoms with Crippen molar-refractivity contribution in [1.82, 2.24) is 0 Å². The minimum Gasteiger partial charge on any atom is -0.478 e. The number of carboxylic acids is 1. The molecule has 0 fully saturated rings. The minimum atomic E-state index is -1.23. The zero-order valence-electron chi connectivity index (χ0n) is 9.14. The number of rotatable bonds is 3. The number of amides is 1. The summed E-state index contributed by atoms with van der Waals surface area (Å²) in [5.74, 6) is -2.71. The molecule has 0 aliphatic carbocycles. The lowest BCUT2D eigenvalue weighted by Gasteiger charge is -2.17. The van der Waals surface area contributed by atoms with Crippen LogP contribution in [-0.4, -0.2) is 29.3 Å². The van der Waals surface area contributed by atoms with Crippen molar-refractivity contribution in [1.29, 1.82) is 0 Å². The van der Waals surface area contributed by atoms with Gasteiger partial charge in [0.2, 0.25) is 0 Å². The number of fused-ring (bicyclic) bond motifs is 1. The van der Waals surface area contributed by atoms with Crippen molar-refractivity contribution in [2.45, 2.75) is 0 Å². The van der Waals surface area contributed by atoms with Gasteiger partial charge in [-0.1, -0.05) is 24.2 Å². The largest absolute Gasteiger partial charge is 0.478 e. The fourth-order valence-corrected chi connectivity index (χ4v) is 2.00. The van der Waals surface area contributed by atoms with Crippen molar-refractivity contribution in [3.05, 3.63) is 40.9 Å². The van der Waals surface area contributed by atoms with E-state index in [1.807, 2.05) is 0 Å². The molecule has 1 aliphatic rings. The minimum absolute atomic E-state index is 0.186. The van der Waals surface area contributed by atoms with Gasteiger partial charge in [0.15, 0.2) is 0 Å². The number of benzene rings is 1. The van der Waals surface area contributed by atoms with E-state index in [1.54, 1.807) is 6.07 Å². The number of hydrogen-bond donors (Lipinski definition) is 1. The lowest BCUT2D eigenvalue weighted by atomic mass is 10.1. The lowest BCUT2D eigenvalue weighted by Crippen LogP contribution is -2.33. The predicted molar refractivity (Wildman–Crippen MR) is 64.9 cm³/mol. The quantitative estimate of drug-likeness (QED) is 0.664. The molecule has 0 aromatic heterocycles. The summed E-state index contributed by atoms with van der Waals surface area (Å²) in [4.78, 5) is 35.2. The highest BCUT2D eigenvalue weighted by molar-refractivity contribution is 6.54. The van der Waals surface area contributed by atoms with Crippen molar-refractivity contribution in [3.8, 4) is 0 Å². The molecular formula is C12H8ClNO4. The van der Waals surface area contributed by atoms with Crippen LogP contribution in [0.25, 0.3) is 0 Å². The van der Waals surface area contributed by atoms with Gasteiger partial charge >= 0.3 is 5.97 Å². The number of ketones is 1. The van der Waals surface area contributed by atoms with Gasteiger partial charge in [-0.25, -0.2) is 4.79 Å². The molecule has 1 heterocycles. The van der Waals surface area contributed by atoms with E-state index in [2.05, 4.69) is 6.58 Å². The van der Waals surface area contributed by atoms with Crippen LogP contribution in [0.5, 0.6) is 0 Å². The number of carboxylic acid groups (broad SMARTS) is 1. The zero-order valence-corrected chi connectivity index (χ0v) is 9.90. The number of anilines is 1. The second kappa shape index (κ2) is 4.27. The highest BCUT2D eigenvalue weighted by Crippen LogP contribution is 2.35. The van der Waals surface area contributed by atoms with Crippen molar-refractivity contribution in [2.75, 3.05) is 11.4 Å². The first-order valence-corrected chi connectivity index (χ1v) is 5.37. The maximum Gasteiger partial charge on any atom is 0.332 e. The van der Waals surface area contributed by atoms with Crippen LogP contribution in [-0.2, 0) is 9.59 Å². The van der Waals surface area contributed by atoms with E-state index in [4.69, 9.17) is 16.7 Å². The Morgan fingerprint density at radius 3 is 2.67 bits per heavy atom. The monoisotopic (exact) mass is 265 g/mol. The van der Waals surface area contributed by atoms with E-state index in [0.717, 1.165) is 4.90 Å². The molecule has 1 aliphatic heterocycles. The Bertz CT molecular complexity index is 594. The third-order valence-electron chi connectivity index (χ3n) is 2.59. The number of para-hydroxylation sites is 1. The summed E-state index contributed by atoms with van der Waals surface area (Å²) in [7, 11) is 0. The van der Waals surface area contributed by atoms with Gasteiger partial charge in [0, 0.05) is 5.57 Å². The van der Waals surface area contributed by atoms with Crippen LogP contribution in [0.2, 0.25) is 5.02 Å². The molecule has 1 amide bonds. The van der Waals surface area contributed by atoms with Crippen molar-refractivity contribution in [2.24, 2.45) is 0 Å². The Labute approximate surface area is 107 Å². The molecule has 0 saturated heterocycles. The number of hydrogen-bond acceptors (Lipinski definition) is 3. The molecule has 18 heavy (non-hydrogen) atoms. The van der Waals surface area contributed by atoms with Crippen LogP contribution in [0, 0.1) is 0 Å². The Morgan fingerprint density at radius 2 is 2.06 bits per heavy atom. The summed E-state index contributed by atoms with van der Waals surface area (Å²) in [5.41, 5.74) is 0.242. The molecule has 1 N–H and O–H groups in total. The summed E-state index contributed by atoms with van der Waals surface area (Å²) < 4.78 is 0. The van der Waals surface area contributed by atoms with Crippen LogP contribution >= 0.6 is 11.6 Å². The third-order valence-corrected chi connectivity index (χ3v) is 2.90. The first-order chi connectivity index (χ1) is 8.43. The zero-order chi connectivity index (χ0) is 13.4. The number of halogens is 1. The van der Waals surface area contributed by atoms with Gasteiger partial charge in [-0.05, 0) is 12.1 Å². The van der Waals surface area contributed by atoms with E-state index >= 15 is 0 Å². The first kappa shape index (κ1) is 12.3. The van der Waals surface area contributed by atoms with Crippen LogP contribution in [0.3, 0.4) is 0 Å². The molecule has 5 nitrogen and oxygen atoms in total. The molecule has 0 radical (unpaired) electrons. The topological polar surface area (TPSA) is 74.7 Å². The Morgan fingerprint density at radius 1 is 1.39 bits per heavy atom. The Hall–Kier alpha value is -2.14. The van der Waals surface area contributed by atoms with Gasteiger partial charge in [-0.2, -0.15) is 0 Å². The number of carbonyl (C=O) groups is 3. The van der Waals surface area contributed by atoms with Crippen LogP contribution in [0.15, 0.2) is 30.4 Å². The molecular weight excluding hydrogens is 258 g/mol. The molecule has 0 unspecified atom stereocenters. The first-order valence-electron chi connectivity index (χ1n) is 4.99. The van der Waals surface area contributed by atoms with E-state index in [9.17, 15) is 14.4 Å². The van der Waals surface area contributed by atoms with Gasteiger partial charge < -0.3 is 5.11 Å². The molecule has 0 saturated carbocycles. The van der Waals surface area contributed by atoms with Crippen molar-refractivity contribution in [3.63, 3.8) is 0 Å². The summed E-state index contributed by atoms with van der Waals surface area (Å²) in [5, 5.41) is 8.98. The summed E-state index contributed by atoms with van der Waals surface area (Å²) in [6, 6.07) is 4.57. The summed E-state index contributed by atoms with van der Waals surface area (Å²) in [6.07, 6.45) is 0. The van der Waals surface area contributed by atoms with E-state index < -0.39 is 17.7 Å². The van der Waals surface area contributed by atoms with Crippen LogP contribution < -0.4 is 4.90 Å². The van der Waals surface area contributed by atoms with Gasteiger partial charge in [-0.3, -0.25) is 14.5 Å². The van der Waals surface area contributed by atoms with Gasteiger partial charge in [0.25, 0.3) is 11.7 Å². The highest BCUT2D eigenvalue weighted by atomic mass is 35.5. The average molecular weight is 266 g/mol. The molecule has 1 aromatic carbocycles. The van der Waals surface area contributed by atoms with Gasteiger partial charge in [-0.15, -0.1) is 0 Å². The van der Waals surface area contributed by atoms with E-state index in [0.29, 0.717) is 0 Å². The standard InChI is InChI=1S/C12H8ClNO4/c1-6(12(17)18)5-14-9-7(10(15)11(14)16)3-2-4-8(9)13/h2-4H,1,5H2,(H,17,18). The molecule has 0 bridgehead atoms. The molecule has 92 valence electrons. The Kier molecular flexibility index (Phi) is 2.92. The summed E-state index contributed by atoms with van der Waals surface area (Å²) >= 11 is 5.93. The third kappa shape index (κ3) is 1.78. The highest BCUT2D eigenvalue weighted by Gasteiger charge is 2.37. The normalized spacial score (nSPS) is 13.7. The van der Waals surface area contributed by atoms with Gasteiger partial charge in [0.05, 0.1) is 22.8 Å².